The normalized spacial score (nSPS) is 19.7. The van der Waals surface area contributed by atoms with Crippen LogP contribution in [0, 0.1) is 12.3 Å². The molecule has 7 heteroatoms. The average molecular weight is 503 g/mol. The molecule has 1 N–H and O–H groups in total. The number of carboxylic acid groups (broad SMARTS) is 1. The van der Waals surface area contributed by atoms with Crippen molar-refractivity contribution in [2.24, 2.45) is 5.41 Å². The first-order chi connectivity index (χ1) is 16.9. The highest BCUT2D eigenvalue weighted by atomic mass is 32.2. The van der Waals surface area contributed by atoms with Gasteiger partial charge >= 0.3 is 5.97 Å². The van der Waals surface area contributed by atoms with E-state index >= 15 is 4.39 Å². The first kappa shape index (κ1) is 26.2. The SMILES string of the molecule is COc1ccc2ncc(C)c([C@H](F)CCC3(CC(=O)O)CCN(CCSC4CCCC4)CC3)c2c1. The third kappa shape index (κ3) is 6.67. The molecule has 2 aromatic rings. The Hall–Kier alpha value is -1.86. The number of benzene rings is 1. The van der Waals surface area contributed by atoms with Crippen LogP contribution >= 0.6 is 11.8 Å². The number of alkyl halides is 1. The molecule has 0 amide bonds. The third-order valence-corrected chi connectivity index (χ3v) is 9.42. The van der Waals surface area contributed by atoms with E-state index in [9.17, 15) is 9.90 Å². The summed E-state index contributed by atoms with van der Waals surface area (Å²) in [6, 6.07) is 5.55. The van der Waals surface area contributed by atoms with Gasteiger partial charge in [0.05, 0.1) is 19.0 Å². The van der Waals surface area contributed by atoms with Gasteiger partial charge in [-0.05, 0) is 93.3 Å². The molecule has 1 aromatic heterocycles. The van der Waals surface area contributed by atoms with Gasteiger partial charge in [-0.3, -0.25) is 9.78 Å². The number of aliphatic carboxylic acids is 1. The zero-order chi connectivity index (χ0) is 24.8. The van der Waals surface area contributed by atoms with Crippen molar-refractivity contribution >= 4 is 28.6 Å². The van der Waals surface area contributed by atoms with Crippen LogP contribution in [0.3, 0.4) is 0 Å². The minimum Gasteiger partial charge on any atom is -0.497 e. The van der Waals surface area contributed by atoms with Crippen molar-refractivity contribution in [1.29, 1.82) is 0 Å². The number of aromatic nitrogens is 1. The number of thioether (sulfide) groups is 1. The van der Waals surface area contributed by atoms with Crippen LogP contribution in [0.1, 0.15) is 75.1 Å². The zero-order valence-electron chi connectivity index (χ0n) is 21.1. The molecule has 0 bridgehead atoms. The topological polar surface area (TPSA) is 62.7 Å². The summed E-state index contributed by atoms with van der Waals surface area (Å²) in [7, 11) is 1.60. The smallest absolute Gasteiger partial charge is 0.303 e. The minimum absolute atomic E-state index is 0.119. The lowest BCUT2D eigenvalue weighted by Crippen LogP contribution is -2.42. The molecule has 2 aliphatic rings. The quantitative estimate of drug-likeness (QED) is 0.375. The van der Waals surface area contributed by atoms with Crippen LogP contribution in [0.25, 0.3) is 10.9 Å². The van der Waals surface area contributed by atoms with E-state index in [1.54, 1.807) is 13.3 Å². The van der Waals surface area contributed by atoms with Gasteiger partial charge in [0.25, 0.3) is 0 Å². The summed E-state index contributed by atoms with van der Waals surface area (Å²) in [5, 5.41) is 11.3. The van der Waals surface area contributed by atoms with E-state index in [2.05, 4.69) is 21.6 Å². The fourth-order valence-corrected chi connectivity index (χ4v) is 7.27. The maximum atomic E-state index is 15.8. The van der Waals surface area contributed by atoms with Crippen molar-refractivity contribution in [3.05, 3.63) is 35.5 Å². The first-order valence-electron chi connectivity index (χ1n) is 13.0. The van der Waals surface area contributed by atoms with Crippen LogP contribution in [-0.2, 0) is 4.79 Å². The van der Waals surface area contributed by atoms with Crippen molar-refractivity contribution < 1.29 is 19.0 Å². The highest BCUT2D eigenvalue weighted by Crippen LogP contribution is 2.43. The van der Waals surface area contributed by atoms with Gasteiger partial charge in [0, 0.05) is 29.1 Å². The van der Waals surface area contributed by atoms with Crippen molar-refractivity contribution in [3.63, 3.8) is 0 Å². The predicted molar refractivity (Wildman–Crippen MR) is 141 cm³/mol. The third-order valence-electron chi connectivity index (χ3n) is 8.06. The molecule has 2 heterocycles. The Morgan fingerprint density at radius 3 is 2.74 bits per heavy atom. The van der Waals surface area contributed by atoms with E-state index in [0.717, 1.165) is 59.9 Å². The second kappa shape index (κ2) is 11.9. The number of carbonyl (C=O) groups is 1. The summed E-state index contributed by atoms with van der Waals surface area (Å²) >= 11 is 2.11. The number of fused-ring (bicyclic) bond motifs is 1. The Bertz CT molecular complexity index is 1000. The maximum absolute atomic E-state index is 15.8. The van der Waals surface area contributed by atoms with Crippen LogP contribution in [0.5, 0.6) is 5.75 Å². The van der Waals surface area contributed by atoms with Crippen LogP contribution in [-0.4, -0.2) is 58.7 Å². The van der Waals surface area contributed by atoms with Crippen molar-refractivity contribution in [2.75, 3.05) is 32.5 Å². The number of nitrogens with zero attached hydrogens (tertiary/aromatic N) is 2. The highest BCUT2D eigenvalue weighted by molar-refractivity contribution is 7.99. The van der Waals surface area contributed by atoms with Crippen LogP contribution in [0.4, 0.5) is 4.39 Å². The van der Waals surface area contributed by atoms with E-state index in [4.69, 9.17) is 4.74 Å². The standard InChI is InChI=1S/C28H39FN2O3S/c1-20-19-30-25-8-7-21(34-2)17-23(25)27(20)24(29)9-10-28(18-26(32)33)11-13-31(14-12-28)15-16-35-22-5-3-4-6-22/h7-8,17,19,22,24H,3-6,9-16,18H2,1-2H3,(H,32,33)/t24-/m1/s1. The molecule has 0 radical (unpaired) electrons. The number of hydrogen-bond acceptors (Lipinski definition) is 5. The lowest BCUT2D eigenvalue weighted by Gasteiger charge is -2.41. The second-order valence-electron chi connectivity index (χ2n) is 10.4. The molecule has 1 saturated heterocycles. The molecular weight excluding hydrogens is 463 g/mol. The number of rotatable bonds is 11. The molecule has 2 fully saturated rings. The number of methoxy groups -OCH3 is 1. The van der Waals surface area contributed by atoms with E-state index in [-0.39, 0.29) is 11.8 Å². The first-order valence-corrected chi connectivity index (χ1v) is 14.1. The predicted octanol–water partition coefficient (Wildman–Crippen LogP) is 6.58. The number of piperidine rings is 1. The summed E-state index contributed by atoms with van der Waals surface area (Å²) < 4.78 is 21.1. The molecule has 5 nitrogen and oxygen atoms in total. The molecule has 35 heavy (non-hydrogen) atoms. The molecule has 192 valence electrons. The van der Waals surface area contributed by atoms with Gasteiger partial charge in [0.15, 0.2) is 0 Å². The molecule has 1 aliphatic carbocycles. The highest BCUT2D eigenvalue weighted by Gasteiger charge is 2.37. The fourth-order valence-electron chi connectivity index (χ4n) is 5.90. The number of likely N-dealkylation sites (tertiary alicyclic amines) is 1. The number of halogens is 1. The number of carboxylic acids is 1. The van der Waals surface area contributed by atoms with Gasteiger partial charge in [-0.1, -0.05) is 12.8 Å². The Balaban J connectivity index is 1.39. The number of ether oxygens (including phenoxy) is 1. The van der Waals surface area contributed by atoms with E-state index in [0.29, 0.717) is 24.2 Å². The Morgan fingerprint density at radius 1 is 1.31 bits per heavy atom. The van der Waals surface area contributed by atoms with E-state index in [1.165, 1.54) is 25.7 Å². The zero-order valence-corrected chi connectivity index (χ0v) is 21.9. The summed E-state index contributed by atoms with van der Waals surface area (Å²) in [6.07, 6.45) is 8.69. The Kier molecular flexibility index (Phi) is 8.92. The summed E-state index contributed by atoms with van der Waals surface area (Å²) in [6.45, 7) is 4.77. The van der Waals surface area contributed by atoms with Gasteiger partial charge in [-0.2, -0.15) is 11.8 Å². The molecule has 1 saturated carbocycles. The molecule has 4 rings (SSSR count). The van der Waals surface area contributed by atoms with Gasteiger partial charge in [0.2, 0.25) is 0 Å². The molecule has 1 atom stereocenters. The Morgan fingerprint density at radius 2 is 2.06 bits per heavy atom. The van der Waals surface area contributed by atoms with Gasteiger partial charge in [-0.25, -0.2) is 4.39 Å². The minimum atomic E-state index is -1.17. The monoisotopic (exact) mass is 502 g/mol. The lowest BCUT2D eigenvalue weighted by molar-refractivity contribution is -0.141. The number of hydrogen-bond donors (Lipinski definition) is 1. The summed E-state index contributed by atoms with van der Waals surface area (Å²) in [4.78, 5) is 18.7. The van der Waals surface area contributed by atoms with Crippen LogP contribution in [0.15, 0.2) is 24.4 Å². The molecule has 1 aromatic carbocycles. The van der Waals surface area contributed by atoms with Crippen molar-refractivity contribution in [2.45, 2.75) is 76.1 Å². The largest absolute Gasteiger partial charge is 0.497 e. The number of pyridine rings is 1. The molecule has 0 spiro atoms. The average Bonchev–Trinajstić information content (AvgIpc) is 3.36. The Labute approximate surface area is 212 Å². The van der Waals surface area contributed by atoms with Crippen LogP contribution < -0.4 is 4.74 Å². The summed E-state index contributed by atoms with van der Waals surface area (Å²) in [5.74, 6) is 1.06. The van der Waals surface area contributed by atoms with E-state index in [1.807, 2.05) is 25.1 Å². The molecular formula is C28H39FN2O3S. The van der Waals surface area contributed by atoms with Gasteiger partial charge < -0.3 is 14.7 Å². The second-order valence-corrected chi connectivity index (χ2v) is 11.8. The van der Waals surface area contributed by atoms with Gasteiger partial charge in [-0.15, -0.1) is 0 Å². The summed E-state index contributed by atoms with van der Waals surface area (Å²) in [5.41, 5.74) is 1.89. The van der Waals surface area contributed by atoms with Crippen LogP contribution in [0.2, 0.25) is 0 Å². The van der Waals surface area contributed by atoms with Crippen molar-refractivity contribution in [3.8, 4) is 5.75 Å². The van der Waals surface area contributed by atoms with E-state index < -0.39 is 12.1 Å². The molecule has 0 unspecified atom stereocenters. The molecule has 1 aliphatic heterocycles. The van der Waals surface area contributed by atoms with Gasteiger partial charge in [0.1, 0.15) is 11.9 Å². The lowest BCUT2D eigenvalue weighted by atomic mass is 9.71. The fraction of sp³-hybridized carbons (Fsp3) is 0.643. The van der Waals surface area contributed by atoms with Crippen molar-refractivity contribution in [1.82, 2.24) is 9.88 Å². The number of aryl methyl sites for hydroxylation is 1. The maximum Gasteiger partial charge on any atom is 0.303 e.